The molecule has 286 valence electrons. The summed E-state index contributed by atoms with van der Waals surface area (Å²) < 4.78 is 0. The Balaban J connectivity index is 3.93. The summed E-state index contributed by atoms with van der Waals surface area (Å²) in [5, 5.41) is 0. The van der Waals surface area contributed by atoms with Gasteiger partial charge in [0.05, 0.1) is 0 Å². The highest BCUT2D eigenvalue weighted by Crippen LogP contribution is 2.13. The summed E-state index contributed by atoms with van der Waals surface area (Å²) in [6.45, 7) is 13.3. The topological polar surface area (TPSA) is 58.5 Å². The van der Waals surface area contributed by atoms with Crippen LogP contribution in [0.1, 0.15) is 206 Å². The molecule has 0 radical (unpaired) electrons. The summed E-state index contributed by atoms with van der Waals surface area (Å²) in [6, 6.07) is 0. The van der Waals surface area contributed by atoms with Crippen LogP contribution >= 0.6 is 0 Å². The molecule has 0 aromatic carbocycles. The Labute approximate surface area is 303 Å². The van der Waals surface area contributed by atoms with Gasteiger partial charge in [-0.05, 0) is 116 Å². The van der Waals surface area contributed by atoms with E-state index in [1.54, 1.807) is 0 Å². The van der Waals surface area contributed by atoms with E-state index in [1.165, 1.54) is 206 Å². The number of hydrogen-bond acceptors (Lipinski definition) is 4. The second-order valence-corrected chi connectivity index (χ2v) is 14.8. The summed E-state index contributed by atoms with van der Waals surface area (Å²) in [5.41, 5.74) is 11.8. The van der Waals surface area contributed by atoms with Crippen LogP contribution in [0.4, 0.5) is 0 Å². The first-order valence-corrected chi connectivity index (χ1v) is 21.9. The van der Waals surface area contributed by atoms with Crippen molar-refractivity contribution in [2.75, 3.05) is 52.4 Å². The van der Waals surface area contributed by atoms with Gasteiger partial charge in [-0.25, -0.2) is 0 Å². The van der Waals surface area contributed by atoms with Crippen LogP contribution in [0.5, 0.6) is 0 Å². The van der Waals surface area contributed by atoms with Crippen molar-refractivity contribution in [3.8, 4) is 0 Å². The van der Waals surface area contributed by atoms with Crippen LogP contribution in [0.3, 0.4) is 0 Å². The third-order valence-corrected chi connectivity index (χ3v) is 10.1. The van der Waals surface area contributed by atoms with E-state index in [2.05, 4.69) is 48.0 Å². The lowest BCUT2D eigenvalue weighted by Crippen LogP contribution is -2.38. The molecule has 0 aliphatic carbocycles. The molecule has 0 aromatic heterocycles. The van der Waals surface area contributed by atoms with Gasteiger partial charge in [-0.1, -0.05) is 154 Å². The fourth-order valence-electron chi connectivity index (χ4n) is 6.75. The zero-order valence-electron chi connectivity index (χ0n) is 33.2. The van der Waals surface area contributed by atoms with Gasteiger partial charge in [0.1, 0.15) is 0 Å². The lowest BCUT2D eigenvalue weighted by Gasteiger charge is -2.28. The summed E-state index contributed by atoms with van der Waals surface area (Å²) in [6.07, 6.45) is 50.5. The van der Waals surface area contributed by atoms with Gasteiger partial charge in [0.2, 0.25) is 0 Å². The van der Waals surface area contributed by atoms with Gasteiger partial charge in [0.15, 0.2) is 0 Å². The molecule has 0 aliphatic heterocycles. The summed E-state index contributed by atoms with van der Waals surface area (Å²) in [7, 11) is 0. The van der Waals surface area contributed by atoms with Crippen LogP contribution in [0.25, 0.3) is 0 Å². The SMILES string of the molecule is CCCCCCCCC=CCCCCCCCCN(CCCN)CCN(CCCN)CCCCCCCCC=CCCCCCCCC. The Hall–Kier alpha value is -0.680. The van der Waals surface area contributed by atoms with E-state index in [-0.39, 0.29) is 0 Å². The van der Waals surface area contributed by atoms with Crippen molar-refractivity contribution in [2.45, 2.75) is 206 Å². The Morgan fingerprint density at radius 3 is 0.833 bits per heavy atom. The van der Waals surface area contributed by atoms with Gasteiger partial charge in [-0.2, -0.15) is 0 Å². The summed E-state index contributed by atoms with van der Waals surface area (Å²) >= 11 is 0. The largest absolute Gasteiger partial charge is 0.330 e. The van der Waals surface area contributed by atoms with Gasteiger partial charge in [-0.3, -0.25) is 0 Å². The molecule has 0 atom stereocenters. The van der Waals surface area contributed by atoms with Crippen LogP contribution in [0.2, 0.25) is 0 Å². The van der Waals surface area contributed by atoms with Gasteiger partial charge < -0.3 is 21.3 Å². The number of nitrogens with two attached hydrogens (primary N) is 2. The molecule has 0 heterocycles. The van der Waals surface area contributed by atoms with Gasteiger partial charge >= 0.3 is 0 Å². The average molecular weight is 675 g/mol. The maximum Gasteiger partial charge on any atom is 0.0109 e. The fourth-order valence-corrected chi connectivity index (χ4v) is 6.75. The number of allylic oxidation sites excluding steroid dienone is 4. The van der Waals surface area contributed by atoms with E-state index in [9.17, 15) is 0 Å². The zero-order chi connectivity index (χ0) is 34.9. The second-order valence-electron chi connectivity index (χ2n) is 14.8. The second kappa shape index (κ2) is 42.5. The molecule has 4 nitrogen and oxygen atoms in total. The number of nitrogens with zero attached hydrogens (tertiary/aromatic N) is 2. The number of rotatable bonds is 41. The third kappa shape index (κ3) is 38.1. The predicted molar refractivity (Wildman–Crippen MR) is 219 cm³/mol. The minimum atomic E-state index is 0.802. The normalized spacial score (nSPS) is 12.2. The highest BCUT2D eigenvalue weighted by atomic mass is 15.2. The standard InChI is InChI=1S/C44H90N4/c1-3-5-7-9-11-13-15-17-19-21-23-25-27-29-31-33-39-47(41-35-37-45)43-44-48(42-36-38-46)40-34-32-30-28-26-24-22-20-18-16-14-12-10-8-6-4-2/h17-20H,3-16,21-46H2,1-2H3. The Morgan fingerprint density at radius 2 is 0.542 bits per heavy atom. The molecule has 0 aromatic rings. The molecule has 0 spiro atoms. The summed E-state index contributed by atoms with van der Waals surface area (Å²) in [5.74, 6) is 0. The van der Waals surface area contributed by atoms with Gasteiger partial charge in [-0.15, -0.1) is 0 Å². The van der Waals surface area contributed by atoms with Crippen molar-refractivity contribution in [3.05, 3.63) is 24.3 Å². The van der Waals surface area contributed by atoms with Crippen LogP contribution in [-0.2, 0) is 0 Å². The predicted octanol–water partition coefficient (Wildman–Crippen LogP) is 12.4. The van der Waals surface area contributed by atoms with Crippen LogP contribution in [-0.4, -0.2) is 62.2 Å². The molecule has 48 heavy (non-hydrogen) atoms. The minimum Gasteiger partial charge on any atom is -0.330 e. The number of hydrogen-bond donors (Lipinski definition) is 2. The van der Waals surface area contributed by atoms with Crippen molar-refractivity contribution in [1.82, 2.24) is 9.80 Å². The quantitative estimate of drug-likeness (QED) is 0.0500. The molecule has 0 bridgehead atoms. The molecule has 0 rings (SSSR count). The summed E-state index contributed by atoms with van der Waals surface area (Å²) in [4.78, 5) is 5.39. The van der Waals surface area contributed by atoms with E-state index >= 15 is 0 Å². The maximum atomic E-state index is 5.90. The van der Waals surface area contributed by atoms with Gasteiger partial charge in [0.25, 0.3) is 0 Å². The van der Waals surface area contributed by atoms with Crippen LogP contribution < -0.4 is 11.5 Å². The van der Waals surface area contributed by atoms with Crippen molar-refractivity contribution in [2.24, 2.45) is 11.5 Å². The lowest BCUT2D eigenvalue weighted by molar-refractivity contribution is 0.196. The first-order valence-electron chi connectivity index (χ1n) is 21.9. The number of unbranched alkanes of at least 4 members (excludes halogenated alkanes) is 24. The molecule has 0 fully saturated rings. The first kappa shape index (κ1) is 47.3. The van der Waals surface area contributed by atoms with Gasteiger partial charge in [0, 0.05) is 13.1 Å². The minimum absolute atomic E-state index is 0.802. The highest BCUT2D eigenvalue weighted by molar-refractivity contribution is 4.82. The maximum absolute atomic E-state index is 5.90. The average Bonchev–Trinajstić information content (AvgIpc) is 3.10. The fraction of sp³-hybridized carbons (Fsp3) is 0.909. The molecule has 0 aliphatic rings. The lowest BCUT2D eigenvalue weighted by atomic mass is 10.1. The van der Waals surface area contributed by atoms with E-state index < -0.39 is 0 Å². The zero-order valence-corrected chi connectivity index (χ0v) is 33.2. The molecular formula is C44H90N4. The van der Waals surface area contributed by atoms with E-state index in [4.69, 9.17) is 11.5 Å². The van der Waals surface area contributed by atoms with E-state index in [0.717, 1.165) is 39.0 Å². The molecule has 0 amide bonds. The monoisotopic (exact) mass is 675 g/mol. The Morgan fingerprint density at radius 1 is 0.292 bits per heavy atom. The smallest absolute Gasteiger partial charge is 0.0109 e. The Kier molecular flexibility index (Phi) is 41.9. The van der Waals surface area contributed by atoms with E-state index in [1.807, 2.05) is 0 Å². The third-order valence-electron chi connectivity index (χ3n) is 10.1. The molecule has 4 N–H and O–H groups in total. The van der Waals surface area contributed by atoms with Crippen molar-refractivity contribution in [3.63, 3.8) is 0 Å². The molecule has 0 saturated heterocycles. The first-order chi connectivity index (χ1) is 23.8. The van der Waals surface area contributed by atoms with Crippen molar-refractivity contribution in [1.29, 1.82) is 0 Å². The highest BCUT2D eigenvalue weighted by Gasteiger charge is 2.09. The van der Waals surface area contributed by atoms with Crippen LogP contribution in [0.15, 0.2) is 24.3 Å². The van der Waals surface area contributed by atoms with Crippen molar-refractivity contribution >= 4 is 0 Å². The molecule has 0 unspecified atom stereocenters. The molecule has 0 saturated carbocycles. The van der Waals surface area contributed by atoms with E-state index in [0.29, 0.717) is 0 Å². The molecule has 4 heteroatoms. The van der Waals surface area contributed by atoms with Crippen LogP contribution in [0, 0.1) is 0 Å². The Bertz CT molecular complexity index is 579. The molecular weight excluding hydrogens is 585 g/mol. The van der Waals surface area contributed by atoms with Crippen molar-refractivity contribution < 1.29 is 0 Å².